The third kappa shape index (κ3) is 5.87. The maximum absolute atomic E-state index is 15.1. The molecule has 0 amide bonds. The molecule has 0 aliphatic carbocycles. The minimum atomic E-state index is -5.29. The molecule has 4 N–H and O–H groups in total. The van der Waals surface area contributed by atoms with Gasteiger partial charge in [-0.1, -0.05) is 12.6 Å². The van der Waals surface area contributed by atoms with E-state index >= 15 is 4.39 Å². The number of rotatable bonds is 9. The highest BCUT2D eigenvalue weighted by atomic mass is 31.2. The van der Waals surface area contributed by atoms with E-state index in [1.165, 1.54) is 37.5 Å². The van der Waals surface area contributed by atoms with Crippen molar-refractivity contribution in [2.45, 2.75) is 44.2 Å². The second kappa shape index (κ2) is 10.4. The molecule has 0 radical (unpaired) electrons. The molecule has 0 spiro atoms. The SMILES string of the molecule is C=C(O)CC(C)OC(=C)Oc1cc(C)c(C2OP(=O)(O)C(O)(Cc3cccnc3)P(=O)(O)O2)c(F)c1. The Labute approximate surface area is 206 Å². The topological polar surface area (TPSA) is 165 Å². The molecule has 2 aromatic rings. The highest BCUT2D eigenvalue weighted by molar-refractivity contribution is 7.73. The summed E-state index contributed by atoms with van der Waals surface area (Å²) in [4.78, 5) is 24.7. The zero-order valence-corrected chi connectivity index (χ0v) is 21.2. The molecule has 1 aromatic carbocycles. The molecular weight excluding hydrogens is 519 g/mol. The maximum Gasteiger partial charge on any atom is 0.374 e. The maximum atomic E-state index is 15.1. The van der Waals surface area contributed by atoms with Crippen LogP contribution in [0.1, 0.15) is 36.3 Å². The number of hydrogen-bond acceptors (Lipinski definition) is 9. The van der Waals surface area contributed by atoms with Gasteiger partial charge in [-0.15, -0.1) is 0 Å². The van der Waals surface area contributed by atoms with E-state index in [-0.39, 0.29) is 35.0 Å². The Morgan fingerprint density at radius 1 is 1.28 bits per heavy atom. The molecule has 196 valence electrons. The minimum Gasteiger partial charge on any atom is -0.513 e. The lowest BCUT2D eigenvalue weighted by atomic mass is 10.1. The van der Waals surface area contributed by atoms with Crippen LogP contribution in [0.4, 0.5) is 4.39 Å². The van der Waals surface area contributed by atoms with Gasteiger partial charge in [-0.3, -0.25) is 23.2 Å². The van der Waals surface area contributed by atoms with Crippen LogP contribution in [0.3, 0.4) is 0 Å². The van der Waals surface area contributed by atoms with Gasteiger partial charge in [0, 0.05) is 36.9 Å². The molecule has 1 saturated heterocycles. The smallest absolute Gasteiger partial charge is 0.374 e. The largest absolute Gasteiger partial charge is 0.513 e. The van der Waals surface area contributed by atoms with Crippen molar-refractivity contribution in [2.75, 3.05) is 0 Å². The summed E-state index contributed by atoms with van der Waals surface area (Å²) >= 11 is 0. The zero-order chi connectivity index (χ0) is 26.9. The Kier molecular flexibility index (Phi) is 8.12. The second-order valence-corrected chi connectivity index (χ2v) is 12.5. The van der Waals surface area contributed by atoms with Gasteiger partial charge in [0.05, 0.1) is 5.76 Å². The van der Waals surface area contributed by atoms with Gasteiger partial charge in [0.1, 0.15) is 17.7 Å². The molecule has 36 heavy (non-hydrogen) atoms. The number of aryl methyl sites for hydroxylation is 1. The zero-order valence-electron chi connectivity index (χ0n) is 19.4. The van der Waals surface area contributed by atoms with Gasteiger partial charge in [0.2, 0.25) is 6.29 Å². The fourth-order valence-electron chi connectivity index (χ4n) is 3.52. The molecule has 0 bridgehead atoms. The van der Waals surface area contributed by atoms with Crippen LogP contribution < -0.4 is 4.74 Å². The van der Waals surface area contributed by atoms with E-state index in [2.05, 4.69) is 18.1 Å². The van der Waals surface area contributed by atoms with Gasteiger partial charge in [0.25, 0.3) is 11.0 Å². The van der Waals surface area contributed by atoms with Crippen LogP contribution in [0.2, 0.25) is 0 Å². The van der Waals surface area contributed by atoms with E-state index in [9.17, 15) is 29.1 Å². The van der Waals surface area contributed by atoms with E-state index in [1.54, 1.807) is 6.92 Å². The first-order valence-electron chi connectivity index (χ1n) is 10.5. The molecule has 1 fully saturated rings. The second-order valence-electron chi connectivity index (χ2n) is 8.20. The number of aromatic nitrogens is 1. The summed E-state index contributed by atoms with van der Waals surface area (Å²) in [5.74, 6) is -1.45. The Hall–Kier alpha value is -2.56. The summed E-state index contributed by atoms with van der Waals surface area (Å²) < 4.78 is 61.6. The fourth-order valence-corrected chi connectivity index (χ4v) is 7.07. The van der Waals surface area contributed by atoms with Crippen molar-refractivity contribution >= 4 is 15.2 Å². The molecule has 3 unspecified atom stereocenters. The van der Waals surface area contributed by atoms with E-state index in [4.69, 9.17) is 18.5 Å². The number of ether oxygens (including phenoxy) is 2. The van der Waals surface area contributed by atoms with E-state index in [0.717, 1.165) is 6.07 Å². The standard InChI is InChI=1S/C22H26FNO10P2/c1-13-8-18(32-16(4)31-15(3)9-14(2)25)10-19(23)20(13)21-33-35(27,28)22(26,36(29,30)34-21)11-17-6-5-7-24-12-17/h5-8,10,12,15,21,25-26H,2,4,9,11H2,1,3H3,(H,27,28)(H,29,30). The predicted molar refractivity (Wildman–Crippen MR) is 125 cm³/mol. The van der Waals surface area contributed by atoms with Gasteiger partial charge in [0.15, 0.2) is 0 Å². The van der Waals surface area contributed by atoms with E-state index in [0.29, 0.717) is 0 Å². The molecule has 3 atom stereocenters. The summed E-state index contributed by atoms with van der Waals surface area (Å²) in [6, 6.07) is 5.03. The highest BCUT2D eigenvalue weighted by Gasteiger charge is 2.67. The molecule has 14 heteroatoms. The van der Waals surface area contributed by atoms with E-state index in [1.807, 2.05) is 0 Å². The van der Waals surface area contributed by atoms with Gasteiger partial charge >= 0.3 is 15.2 Å². The summed E-state index contributed by atoms with van der Waals surface area (Å²) in [6.07, 6.45) is -0.664. The highest BCUT2D eigenvalue weighted by Crippen LogP contribution is 2.79. The van der Waals surface area contributed by atoms with Crippen molar-refractivity contribution in [3.63, 3.8) is 0 Å². The third-order valence-corrected chi connectivity index (χ3v) is 9.78. The Morgan fingerprint density at radius 3 is 2.44 bits per heavy atom. The lowest BCUT2D eigenvalue weighted by Crippen LogP contribution is -2.38. The number of aliphatic hydroxyl groups excluding tert-OH is 1. The number of aliphatic hydroxyl groups is 2. The van der Waals surface area contributed by atoms with Crippen LogP contribution >= 0.6 is 15.2 Å². The quantitative estimate of drug-likeness (QED) is 0.258. The van der Waals surface area contributed by atoms with Crippen LogP contribution in [0.5, 0.6) is 5.75 Å². The molecule has 1 aliphatic rings. The van der Waals surface area contributed by atoms with Crippen molar-refractivity contribution < 1.29 is 52.0 Å². The first kappa shape index (κ1) is 28.0. The number of hydrogen-bond donors (Lipinski definition) is 4. The summed E-state index contributed by atoms with van der Waals surface area (Å²) in [5.41, 5.74) is -0.221. The van der Waals surface area contributed by atoms with Gasteiger partial charge in [-0.2, -0.15) is 0 Å². The first-order chi connectivity index (χ1) is 16.6. The predicted octanol–water partition coefficient (Wildman–Crippen LogP) is 4.55. The van der Waals surface area contributed by atoms with Crippen molar-refractivity contribution in [3.8, 4) is 5.75 Å². The fraction of sp³-hybridized carbons (Fsp3) is 0.318. The van der Waals surface area contributed by atoms with Crippen LogP contribution in [-0.2, 0) is 29.3 Å². The van der Waals surface area contributed by atoms with Crippen molar-refractivity contribution in [1.82, 2.24) is 4.98 Å². The molecule has 1 aromatic heterocycles. The van der Waals surface area contributed by atoms with Crippen LogP contribution in [-0.4, -0.2) is 36.2 Å². The summed E-state index contributed by atoms with van der Waals surface area (Å²) in [7, 11) is -10.6. The van der Waals surface area contributed by atoms with Gasteiger partial charge < -0.3 is 29.5 Å². The molecular formula is C22H26FNO10P2. The summed E-state index contributed by atoms with van der Waals surface area (Å²) in [5, 5.41) is 16.8. The molecule has 1 aliphatic heterocycles. The molecule has 2 heterocycles. The average molecular weight is 545 g/mol. The molecule has 0 saturated carbocycles. The van der Waals surface area contributed by atoms with Crippen molar-refractivity contribution in [1.29, 1.82) is 0 Å². The number of halogens is 1. The number of benzene rings is 1. The van der Waals surface area contributed by atoms with Gasteiger partial charge in [-0.05, 0) is 43.7 Å². The Balaban J connectivity index is 1.84. The summed E-state index contributed by atoms with van der Waals surface area (Å²) in [6.45, 7) is 9.91. The number of pyridine rings is 1. The normalized spacial score (nSPS) is 28.8. The monoisotopic (exact) mass is 545 g/mol. The third-order valence-electron chi connectivity index (χ3n) is 5.18. The van der Waals surface area contributed by atoms with Crippen LogP contribution in [0.15, 0.2) is 61.5 Å². The minimum absolute atomic E-state index is 0.0669. The lowest BCUT2D eigenvalue weighted by Gasteiger charge is -2.41. The van der Waals surface area contributed by atoms with Crippen molar-refractivity contribution in [2.24, 2.45) is 0 Å². The van der Waals surface area contributed by atoms with E-state index < -0.39 is 50.5 Å². The van der Waals surface area contributed by atoms with Crippen LogP contribution in [0, 0.1) is 12.7 Å². The lowest BCUT2D eigenvalue weighted by molar-refractivity contribution is -0.0599. The number of nitrogens with zero attached hydrogens (tertiary/aromatic N) is 1. The van der Waals surface area contributed by atoms with Crippen LogP contribution in [0.25, 0.3) is 0 Å². The van der Waals surface area contributed by atoms with Gasteiger partial charge in [-0.25, -0.2) is 4.39 Å². The Bertz CT molecular complexity index is 1210. The first-order valence-corrected chi connectivity index (χ1v) is 13.6. The molecule has 3 rings (SSSR count). The molecule has 11 nitrogen and oxygen atoms in total. The Morgan fingerprint density at radius 2 is 1.92 bits per heavy atom. The average Bonchev–Trinajstić information content (AvgIpc) is 2.71. The van der Waals surface area contributed by atoms with Crippen molar-refractivity contribution in [3.05, 3.63) is 84.0 Å².